The van der Waals surface area contributed by atoms with Gasteiger partial charge in [-0.3, -0.25) is 0 Å². The molecular formula is C11H18ClNO4. The lowest BCUT2D eigenvalue weighted by Gasteiger charge is -2.26. The average molecular weight is 264 g/mol. The van der Waals surface area contributed by atoms with E-state index in [9.17, 15) is 9.59 Å². The maximum absolute atomic E-state index is 10.8. The molecule has 0 spiro atoms. The van der Waals surface area contributed by atoms with Crippen LogP contribution in [0.3, 0.4) is 0 Å². The van der Waals surface area contributed by atoms with Crippen LogP contribution in [0.2, 0.25) is 0 Å². The summed E-state index contributed by atoms with van der Waals surface area (Å²) in [5.41, 5.74) is -0.0296. The number of carboxylic acids is 2. The molecule has 1 heterocycles. The van der Waals surface area contributed by atoms with Crippen molar-refractivity contribution in [3.63, 3.8) is 0 Å². The first kappa shape index (κ1) is 15.9. The van der Waals surface area contributed by atoms with E-state index in [2.05, 4.69) is 4.90 Å². The summed E-state index contributed by atoms with van der Waals surface area (Å²) in [4.78, 5) is 23.4. The third kappa shape index (κ3) is 6.28. The number of piperidine rings is 1. The SMILES string of the molecule is Cl.O=C(O)/C=C(\CCN1CCCCC1)C(=O)O. The van der Waals surface area contributed by atoms with Crippen LogP contribution in [0.5, 0.6) is 0 Å². The molecule has 5 nitrogen and oxygen atoms in total. The van der Waals surface area contributed by atoms with Crippen molar-refractivity contribution in [2.24, 2.45) is 0 Å². The van der Waals surface area contributed by atoms with Crippen LogP contribution in [-0.2, 0) is 9.59 Å². The molecule has 1 saturated heterocycles. The largest absolute Gasteiger partial charge is 0.478 e. The summed E-state index contributed by atoms with van der Waals surface area (Å²) in [5, 5.41) is 17.3. The molecule has 2 N–H and O–H groups in total. The monoisotopic (exact) mass is 263 g/mol. The van der Waals surface area contributed by atoms with Crippen molar-refractivity contribution in [3.8, 4) is 0 Å². The van der Waals surface area contributed by atoms with Gasteiger partial charge in [-0.25, -0.2) is 9.59 Å². The highest BCUT2D eigenvalue weighted by Crippen LogP contribution is 2.11. The number of halogens is 1. The summed E-state index contributed by atoms with van der Waals surface area (Å²) >= 11 is 0. The van der Waals surface area contributed by atoms with Gasteiger partial charge in [0.25, 0.3) is 0 Å². The number of likely N-dealkylation sites (tertiary alicyclic amines) is 1. The Balaban J connectivity index is 0.00000256. The molecule has 98 valence electrons. The first-order chi connectivity index (χ1) is 7.59. The Bertz CT molecular complexity index is 298. The minimum Gasteiger partial charge on any atom is -0.478 e. The quantitative estimate of drug-likeness (QED) is 0.733. The van der Waals surface area contributed by atoms with Crippen LogP contribution in [0.4, 0.5) is 0 Å². The zero-order valence-electron chi connectivity index (χ0n) is 9.59. The number of nitrogens with zero attached hydrogens (tertiary/aromatic N) is 1. The molecule has 0 aliphatic carbocycles. The number of carboxylic acid groups (broad SMARTS) is 2. The van der Waals surface area contributed by atoms with Crippen molar-refractivity contribution in [1.82, 2.24) is 4.90 Å². The number of aliphatic carboxylic acids is 2. The Kier molecular flexibility index (Phi) is 7.58. The number of rotatable bonds is 5. The molecule has 0 radical (unpaired) electrons. The molecule has 0 amide bonds. The lowest BCUT2D eigenvalue weighted by atomic mass is 10.1. The van der Waals surface area contributed by atoms with E-state index < -0.39 is 11.9 Å². The van der Waals surface area contributed by atoms with E-state index in [0.717, 1.165) is 32.0 Å². The highest BCUT2D eigenvalue weighted by atomic mass is 35.5. The molecule has 0 atom stereocenters. The van der Waals surface area contributed by atoms with Gasteiger partial charge in [-0.05, 0) is 32.4 Å². The molecule has 1 rings (SSSR count). The summed E-state index contributed by atoms with van der Waals surface area (Å²) in [5.74, 6) is -2.34. The molecule has 1 aliphatic heterocycles. The lowest BCUT2D eigenvalue weighted by molar-refractivity contribution is -0.135. The van der Waals surface area contributed by atoms with Gasteiger partial charge in [0.05, 0.1) is 0 Å². The van der Waals surface area contributed by atoms with Crippen LogP contribution < -0.4 is 0 Å². The van der Waals surface area contributed by atoms with E-state index in [1.807, 2.05) is 0 Å². The number of hydrogen-bond donors (Lipinski definition) is 2. The van der Waals surface area contributed by atoms with Gasteiger partial charge in [0, 0.05) is 18.2 Å². The van der Waals surface area contributed by atoms with Crippen molar-refractivity contribution in [2.45, 2.75) is 25.7 Å². The van der Waals surface area contributed by atoms with E-state index in [1.165, 1.54) is 6.42 Å². The normalized spacial score (nSPS) is 17.3. The fourth-order valence-electron chi connectivity index (χ4n) is 1.85. The first-order valence-electron chi connectivity index (χ1n) is 5.49. The van der Waals surface area contributed by atoms with Gasteiger partial charge in [-0.1, -0.05) is 6.42 Å². The molecule has 0 unspecified atom stereocenters. The molecule has 17 heavy (non-hydrogen) atoms. The molecule has 1 aliphatic rings. The van der Waals surface area contributed by atoms with E-state index in [4.69, 9.17) is 10.2 Å². The smallest absolute Gasteiger partial charge is 0.331 e. The Hall–Kier alpha value is -1.07. The molecule has 0 bridgehead atoms. The zero-order valence-corrected chi connectivity index (χ0v) is 10.4. The summed E-state index contributed by atoms with van der Waals surface area (Å²) < 4.78 is 0. The Labute approximate surface area is 107 Å². The zero-order chi connectivity index (χ0) is 12.0. The minimum atomic E-state index is -1.20. The summed E-state index contributed by atoms with van der Waals surface area (Å²) in [7, 11) is 0. The highest BCUT2D eigenvalue weighted by molar-refractivity contribution is 5.94. The highest BCUT2D eigenvalue weighted by Gasteiger charge is 2.14. The van der Waals surface area contributed by atoms with Crippen molar-refractivity contribution >= 4 is 24.3 Å². The van der Waals surface area contributed by atoms with Crippen LogP contribution in [0.1, 0.15) is 25.7 Å². The maximum atomic E-state index is 10.8. The fraction of sp³-hybridized carbons (Fsp3) is 0.636. The van der Waals surface area contributed by atoms with Gasteiger partial charge in [0.1, 0.15) is 0 Å². The van der Waals surface area contributed by atoms with Crippen LogP contribution in [-0.4, -0.2) is 46.7 Å². The van der Waals surface area contributed by atoms with Crippen LogP contribution in [0.25, 0.3) is 0 Å². The minimum absolute atomic E-state index is 0. The van der Waals surface area contributed by atoms with E-state index in [1.54, 1.807) is 0 Å². The summed E-state index contributed by atoms with van der Waals surface area (Å²) in [6.07, 6.45) is 4.59. The molecule has 0 aromatic carbocycles. The topological polar surface area (TPSA) is 77.8 Å². The van der Waals surface area contributed by atoms with Crippen molar-refractivity contribution in [2.75, 3.05) is 19.6 Å². The number of carbonyl (C=O) groups is 2. The van der Waals surface area contributed by atoms with Gasteiger partial charge in [0.2, 0.25) is 0 Å². The molecule has 1 fully saturated rings. The molecule has 6 heteroatoms. The van der Waals surface area contributed by atoms with E-state index >= 15 is 0 Å². The Morgan fingerprint density at radius 2 is 1.71 bits per heavy atom. The molecular weight excluding hydrogens is 246 g/mol. The van der Waals surface area contributed by atoms with Crippen molar-refractivity contribution in [3.05, 3.63) is 11.6 Å². The van der Waals surface area contributed by atoms with Crippen molar-refractivity contribution < 1.29 is 19.8 Å². The molecule has 0 saturated carbocycles. The third-order valence-electron chi connectivity index (χ3n) is 2.72. The average Bonchev–Trinajstić information content (AvgIpc) is 2.25. The second kappa shape index (κ2) is 8.08. The molecule has 0 aromatic rings. The predicted molar refractivity (Wildman–Crippen MR) is 65.5 cm³/mol. The number of hydrogen-bond acceptors (Lipinski definition) is 3. The Morgan fingerprint density at radius 1 is 1.12 bits per heavy atom. The second-order valence-electron chi connectivity index (χ2n) is 3.97. The van der Waals surface area contributed by atoms with Gasteiger partial charge >= 0.3 is 11.9 Å². The molecule has 0 aromatic heterocycles. The van der Waals surface area contributed by atoms with Crippen molar-refractivity contribution in [1.29, 1.82) is 0 Å². The fourth-order valence-corrected chi connectivity index (χ4v) is 1.85. The lowest BCUT2D eigenvalue weighted by Crippen LogP contribution is -2.31. The second-order valence-corrected chi connectivity index (χ2v) is 3.97. The Morgan fingerprint density at radius 3 is 2.18 bits per heavy atom. The van der Waals surface area contributed by atoms with Crippen LogP contribution in [0.15, 0.2) is 11.6 Å². The van der Waals surface area contributed by atoms with E-state index in [0.29, 0.717) is 13.0 Å². The predicted octanol–water partition coefficient (Wildman–Crippen LogP) is 1.38. The van der Waals surface area contributed by atoms with E-state index in [-0.39, 0.29) is 18.0 Å². The summed E-state index contributed by atoms with van der Waals surface area (Å²) in [6, 6.07) is 0. The van der Waals surface area contributed by atoms with Gasteiger partial charge in [-0.2, -0.15) is 0 Å². The van der Waals surface area contributed by atoms with Gasteiger partial charge < -0.3 is 15.1 Å². The third-order valence-corrected chi connectivity index (χ3v) is 2.72. The summed E-state index contributed by atoms with van der Waals surface area (Å²) in [6.45, 7) is 2.60. The van der Waals surface area contributed by atoms with Gasteiger partial charge in [0.15, 0.2) is 0 Å². The van der Waals surface area contributed by atoms with Crippen LogP contribution >= 0.6 is 12.4 Å². The van der Waals surface area contributed by atoms with Gasteiger partial charge in [-0.15, -0.1) is 12.4 Å². The van der Waals surface area contributed by atoms with Crippen LogP contribution in [0, 0.1) is 0 Å². The first-order valence-corrected chi connectivity index (χ1v) is 5.49. The standard InChI is InChI=1S/C11H17NO4.ClH/c13-10(14)8-9(11(15)16)4-7-12-5-2-1-3-6-12;/h8H,1-7H2,(H,13,14)(H,15,16);1H/b9-8+;. The maximum Gasteiger partial charge on any atom is 0.331 e.